The van der Waals surface area contributed by atoms with Gasteiger partial charge in [0.2, 0.25) is 0 Å². The molecule has 2 heterocycles. The van der Waals surface area contributed by atoms with E-state index in [1.807, 2.05) is 44.6 Å². The highest BCUT2D eigenvalue weighted by molar-refractivity contribution is 5.62. The van der Waals surface area contributed by atoms with Crippen LogP contribution < -0.4 is 0 Å². The molecule has 220 valence electrons. The van der Waals surface area contributed by atoms with E-state index >= 15 is 0 Å². The van der Waals surface area contributed by atoms with Gasteiger partial charge in [0.05, 0.1) is 23.7 Å². The maximum Gasteiger partial charge on any atom is 0.179 e. The van der Waals surface area contributed by atoms with Crippen LogP contribution in [0, 0.1) is 11.2 Å². The largest absolute Gasteiger partial charge is 0.342 e. The van der Waals surface area contributed by atoms with E-state index in [-0.39, 0.29) is 23.4 Å². The van der Waals surface area contributed by atoms with Gasteiger partial charge in [-0.3, -0.25) is 0 Å². The Labute approximate surface area is 250 Å². The van der Waals surface area contributed by atoms with Crippen molar-refractivity contribution in [3.05, 3.63) is 125 Å². The van der Waals surface area contributed by atoms with E-state index in [0.29, 0.717) is 0 Å². The zero-order chi connectivity index (χ0) is 29.7. The molecule has 7 rings (SSSR count). The van der Waals surface area contributed by atoms with Crippen LogP contribution in [-0.4, -0.2) is 21.7 Å². The molecule has 0 bridgehead atoms. The van der Waals surface area contributed by atoms with Gasteiger partial charge < -0.3 is 9.47 Å². The third-order valence-corrected chi connectivity index (χ3v) is 8.72. The fourth-order valence-electron chi connectivity index (χ4n) is 6.72. The van der Waals surface area contributed by atoms with Crippen LogP contribution >= 0.6 is 0 Å². The molecule has 4 aromatic rings. The molecule has 3 unspecified atom stereocenters. The van der Waals surface area contributed by atoms with Gasteiger partial charge in [0.1, 0.15) is 11.9 Å². The van der Waals surface area contributed by atoms with Crippen LogP contribution in [0.3, 0.4) is 0 Å². The molecule has 4 atom stereocenters. The van der Waals surface area contributed by atoms with Gasteiger partial charge in [-0.1, -0.05) is 101 Å². The van der Waals surface area contributed by atoms with Crippen LogP contribution in [0.1, 0.15) is 82.4 Å². The highest BCUT2D eigenvalue weighted by atomic mass is 19.1. The molecular weight excluding hydrogens is 523 g/mol. The van der Waals surface area contributed by atoms with Crippen molar-refractivity contribution in [3.8, 4) is 5.69 Å². The summed E-state index contributed by atoms with van der Waals surface area (Å²) in [7, 11) is 0. The van der Waals surface area contributed by atoms with Crippen molar-refractivity contribution >= 4 is 6.08 Å². The lowest BCUT2D eigenvalue weighted by Crippen LogP contribution is -2.53. The number of benzene rings is 3. The molecule has 0 amide bonds. The van der Waals surface area contributed by atoms with E-state index in [9.17, 15) is 4.39 Å². The first kappa shape index (κ1) is 29.9. The third-order valence-electron chi connectivity index (χ3n) is 8.72. The lowest BCUT2D eigenvalue weighted by atomic mass is 9.62. The number of hydrogen-bond donors (Lipinski definition) is 0. The molecule has 1 aliphatic heterocycles. The molecule has 2 fully saturated rings. The summed E-state index contributed by atoms with van der Waals surface area (Å²) < 4.78 is 29.7. The van der Waals surface area contributed by atoms with Crippen LogP contribution in [0.25, 0.3) is 11.8 Å². The summed E-state index contributed by atoms with van der Waals surface area (Å²) in [4.78, 5) is 0. The fourth-order valence-corrected chi connectivity index (χ4v) is 6.72. The number of fused-ring (bicyclic) bond motifs is 3. The van der Waals surface area contributed by atoms with Gasteiger partial charge in [0.15, 0.2) is 5.79 Å². The van der Waals surface area contributed by atoms with Gasteiger partial charge in [-0.25, -0.2) is 9.07 Å². The molecule has 5 heteroatoms. The lowest BCUT2D eigenvalue weighted by molar-refractivity contribution is -0.248. The second kappa shape index (κ2) is 12.8. The Morgan fingerprint density at radius 2 is 1.55 bits per heavy atom. The Balaban J connectivity index is 0.000000847. The van der Waals surface area contributed by atoms with Gasteiger partial charge in [0, 0.05) is 18.3 Å². The first-order valence-electron chi connectivity index (χ1n) is 15.5. The Morgan fingerprint density at radius 3 is 2.24 bits per heavy atom. The molecule has 2 aliphatic carbocycles. The Bertz CT molecular complexity index is 1480. The Hall–Kier alpha value is -3.54. The van der Waals surface area contributed by atoms with Crippen LogP contribution in [0.2, 0.25) is 0 Å². The second-order valence-electron chi connectivity index (χ2n) is 11.0. The number of nitrogens with zero attached hydrogens (tertiary/aromatic N) is 2. The molecule has 42 heavy (non-hydrogen) atoms. The molecule has 3 aliphatic rings. The quantitative estimate of drug-likeness (QED) is 0.247. The molecular formula is C37H43FN2O2. The topological polar surface area (TPSA) is 36.3 Å². The average molecular weight is 567 g/mol. The minimum absolute atomic E-state index is 0.0840. The highest BCUT2D eigenvalue weighted by Gasteiger charge is 2.62. The highest BCUT2D eigenvalue weighted by Crippen LogP contribution is 2.60. The van der Waals surface area contributed by atoms with E-state index in [1.54, 1.807) is 12.1 Å². The van der Waals surface area contributed by atoms with Gasteiger partial charge in [0.25, 0.3) is 0 Å². The van der Waals surface area contributed by atoms with E-state index < -0.39 is 5.79 Å². The predicted molar refractivity (Wildman–Crippen MR) is 168 cm³/mol. The zero-order valence-corrected chi connectivity index (χ0v) is 25.5. The lowest BCUT2D eigenvalue weighted by Gasteiger charge is -2.51. The molecule has 1 aromatic heterocycles. The average Bonchev–Trinajstić information content (AvgIpc) is 3.62. The van der Waals surface area contributed by atoms with E-state index in [0.717, 1.165) is 54.6 Å². The molecule has 1 saturated carbocycles. The standard InChI is InChI=1S/C33H31FN2O2.2C2H6/c1-32-21-25-22-35-36(28-16-14-27(34)15-17-28)29(25)20-26(32)13-8-18-33(32)37-30(19-23-9-4-2-5-10-23)31(38-33)24-11-6-3-7-12-24;2*1-2/h2-7,9-12,14-17,20,22,30-31H,8,13,18-19,21H2,1H3;2*1-2H3/t30?,31-,32?,33?;;/m0../s1. The summed E-state index contributed by atoms with van der Waals surface area (Å²) in [6, 6.07) is 27.6. The summed E-state index contributed by atoms with van der Waals surface area (Å²) in [5, 5.41) is 4.70. The first-order valence-corrected chi connectivity index (χ1v) is 15.5. The smallest absolute Gasteiger partial charge is 0.179 e. The normalized spacial score (nSPS) is 25.7. The van der Waals surface area contributed by atoms with Crippen LogP contribution in [0.15, 0.2) is 96.7 Å². The van der Waals surface area contributed by atoms with Crippen molar-refractivity contribution in [2.45, 2.75) is 84.7 Å². The van der Waals surface area contributed by atoms with Crippen LogP contribution in [-0.2, 0) is 22.3 Å². The molecule has 3 aromatic carbocycles. The molecule has 0 N–H and O–H groups in total. The van der Waals surface area contributed by atoms with Crippen LogP contribution in [0.4, 0.5) is 4.39 Å². The SMILES string of the molecule is CC.CC.CC12Cc3cnn(-c4ccc(F)cc4)c3C=C1CCCC21OC(Cc2ccccc2)[C@H](c2ccccc2)O1. The van der Waals surface area contributed by atoms with E-state index in [4.69, 9.17) is 14.6 Å². The first-order chi connectivity index (χ1) is 20.5. The maximum absolute atomic E-state index is 13.6. The minimum atomic E-state index is -0.716. The number of aromatic nitrogens is 2. The van der Waals surface area contributed by atoms with Gasteiger partial charge in [-0.15, -0.1) is 0 Å². The maximum atomic E-state index is 13.6. The summed E-state index contributed by atoms with van der Waals surface area (Å²) in [6.45, 7) is 10.3. The van der Waals surface area contributed by atoms with Crippen molar-refractivity contribution < 1.29 is 13.9 Å². The number of ether oxygens (including phenoxy) is 2. The Morgan fingerprint density at radius 1 is 0.881 bits per heavy atom. The van der Waals surface area contributed by atoms with Crippen molar-refractivity contribution in [1.29, 1.82) is 0 Å². The van der Waals surface area contributed by atoms with Gasteiger partial charge in [-0.05, 0) is 66.3 Å². The van der Waals surface area contributed by atoms with Gasteiger partial charge in [-0.2, -0.15) is 5.10 Å². The predicted octanol–water partition coefficient (Wildman–Crippen LogP) is 9.29. The van der Waals surface area contributed by atoms with Crippen LogP contribution in [0.5, 0.6) is 0 Å². The van der Waals surface area contributed by atoms with Gasteiger partial charge >= 0.3 is 0 Å². The number of rotatable bonds is 4. The Kier molecular flexibility index (Phi) is 9.10. The molecule has 0 radical (unpaired) electrons. The summed E-state index contributed by atoms with van der Waals surface area (Å²) in [5.74, 6) is -0.962. The van der Waals surface area contributed by atoms with E-state index in [2.05, 4.69) is 67.6 Å². The summed E-state index contributed by atoms with van der Waals surface area (Å²) >= 11 is 0. The summed E-state index contributed by atoms with van der Waals surface area (Å²) in [6.07, 6.45) is 8.45. The molecule has 4 nitrogen and oxygen atoms in total. The van der Waals surface area contributed by atoms with Crippen molar-refractivity contribution in [2.75, 3.05) is 0 Å². The van der Waals surface area contributed by atoms with E-state index in [1.165, 1.54) is 23.3 Å². The van der Waals surface area contributed by atoms with Crippen molar-refractivity contribution in [3.63, 3.8) is 0 Å². The third kappa shape index (κ3) is 5.36. The second-order valence-corrected chi connectivity index (χ2v) is 11.0. The molecule has 1 saturated heterocycles. The number of halogens is 1. The molecule has 1 spiro atoms. The van der Waals surface area contributed by atoms with Crippen molar-refractivity contribution in [2.24, 2.45) is 5.41 Å². The zero-order valence-electron chi connectivity index (χ0n) is 25.5. The van der Waals surface area contributed by atoms with Crippen molar-refractivity contribution in [1.82, 2.24) is 9.78 Å². The fraction of sp³-hybridized carbons (Fsp3) is 0.378. The number of hydrogen-bond acceptors (Lipinski definition) is 3. The minimum Gasteiger partial charge on any atom is -0.342 e. The summed E-state index contributed by atoms with van der Waals surface area (Å²) in [5.41, 5.74) is 6.53. The monoisotopic (exact) mass is 566 g/mol.